The predicted molar refractivity (Wildman–Crippen MR) is 78.0 cm³/mol. The van der Waals surface area contributed by atoms with Gasteiger partial charge in [-0.3, -0.25) is 10.1 Å². The molecular weight excluding hydrogens is 298 g/mol. The van der Waals surface area contributed by atoms with Gasteiger partial charge in [0.2, 0.25) is 10.0 Å². The third kappa shape index (κ3) is 4.13. The highest BCUT2D eigenvalue weighted by molar-refractivity contribution is 7.89. The predicted octanol–water partition coefficient (Wildman–Crippen LogP) is 0.833. The number of nitro groups is 1. The van der Waals surface area contributed by atoms with Crippen LogP contribution in [0.5, 0.6) is 5.75 Å². The van der Waals surface area contributed by atoms with E-state index >= 15 is 0 Å². The van der Waals surface area contributed by atoms with E-state index in [1.54, 1.807) is 7.05 Å². The SMILES string of the molecule is CNCCCN(C)S(=O)(=O)c1ccc(OC)c([N+](=O)[O-])c1. The maximum absolute atomic E-state index is 12.3. The lowest BCUT2D eigenvalue weighted by molar-refractivity contribution is -0.386. The Labute approximate surface area is 123 Å². The highest BCUT2D eigenvalue weighted by atomic mass is 32.2. The smallest absolute Gasteiger partial charge is 0.312 e. The Morgan fingerprint density at radius 3 is 2.62 bits per heavy atom. The third-order valence-corrected chi connectivity index (χ3v) is 4.81. The first-order valence-corrected chi connectivity index (χ1v) is 7.72. The van der Waals surface area contributed by atoms with Crippen molar-refractivity contribution in [1.82, 2.24) is 9.62 Å². The molecule has 0 spiro atoms. The van der Waals surface area contributed by atoms with Crippen LogP contribution in [-0.2, 0) is 10.0 Å². The summed E-state index contributed by atoms with van der Waals surface area (Å²) in [5.41, 5.74) is -0.373. The summed E-state index contributed by atoms with van der Waals surface area (Å²) in [6.07, 6.45) is 0.643. The molecule has 1 aromatic carbocycles. The Morgan fingerprint density at radius 2 is 2.10 bits per heavy atom. The average molecular weight is 317 g/mol. The summed E-state index contributed by atoms with van der Waals surface area (Å²) in [5.74, 6) is 0.0248. The van der Waals surface area contributed by atoms with Crippen molar-refractivity contribution in [2.45, 2.75) is 11.3 Å². The van der Waals surface area contributed by atoms with Gasteiger partial charge in [0, 0.05) is 19.7 Å². The zero-order chi connectivity index (χ0) is 16.0. The molecule has 0 bridgehead atoms. The largest absolute Gasteiger partial charge is 0.490 e. The molecule has 0 saturated carbocycles. The standard InChI is InChI=1S/C12H19N3O5S/c1-13-7-4-8-14(2)21(18,19)10-5-6-12(20-3)11(9-10)15(16)17/h5-6,9,13H,4,7-8H2,1-3H3. The number of methoxy groups -OCH3 is 1. The van der Waals surface area contributed by atoms with Gasteiger partial charge in [0.15, 0.2) is 5.75 Å². The summed E-state index contributed by atoms with van der Waals surface area (Å²) in [5, 5.41) is 13.9. The highest BCUT2D eigenvalue weighted by Gasteiger charge is 2.25. The van der Waals surface area contributed by atoms with Crippen molar-refractivity contribution in [2.24, 2.45) is 0 Å². The van der Waals surface area contributed by atoms with Gasteiger partial charge in [0.25, 0.3) is 0 Å². The van der Waals surface area contributed by atoms with Gasteiger partial charge < -0.3 is 10.1 Å². The quantitative estimate of drug-likeness (QED) is 0.433. The molecule has 1 N–H and O–H groups in total. The van der Waals surface area contributed by atoms with Crippen LogP contribution in [0, 0.1) is 10.1 Å². The van der Waals surface area contributed by atoms with Crippen molar-refractivity contribution in [3.05, 3.63) is 28.3 Å². The summed E-state index contributed by atoms with van der Waals surface area (Å²) in [7, 11) is 0.762. The molecule has 0 aliphatic carbocycles. The Bertz CT molecular complexity index is 603. The molecular formula is C12H19N3O5S. The van der Waals surface area contributed by atoms with E-state index in [1.807, 2.05) is 0 Å². The number of rotatable bonds is 8. The lowest BCUT2D eigenvalue weighted by Gasteiger charge is -2.17. The van der Waals surface area contributed by atoms with Crippen molar-refractivity contribution in [2.75, 3.05) is 34.3 Å². The maximum atomic E-state index is 12.3. The number of hydrogen-bond acceptors (Lipinski definition) is 6. The molecule has 0 saturated heterocycles. The molecule has 21 heavy (non-hydrogen) atoms. The van der Waals surface area contributed by atoms with E-state index in [9.17, 15) is 18.5 Å². The van der Waals surface area contributed by atoms with E-state index in [0.717, 1.165) is 6.07 Å². The molecule has 8 nitrogen and oxygen atoms in total. The topological polar surface area (TPSA) is 102 Å². The summed E-state index contributed by atoms with van der Waals surface area (Å²) >= 11 is 0. The van der Waals surface area contributed by atoms with E-state index in [4.69, 9.17) is 4.74 Å². The number of benzene rings is 1. The minimum Gasteiger partial charge on any atom is -0.490 e. The Balaban J connectivity index is 3.08. The first kappa shape index (κ1) is 17.3. The summed E-state index contributed by atoms with van der Waals surface area (Å²) < 4.78 is 30.7. The Hall–Kier alpha value is -1.71. The maximum Gasteiger partial charge on any atom is 0.312 e. The van der Waals surface area contributed by atoms with E-state index in [0.29, 0.717) is 19.5 Å². The van der Waals surface area contributed by atoms with Crippen molar-refractivity contribution < 1.29 is 18.1 Å². The number of sulfonamides is 1. The van der Waals surface area contributed by atoms with Crippen LogP contribution in [0.3, 0.4) is 0 Å². The first-order valence-electron chi connectivity index (χ1n) is 6.28. The Morgan fingerprint density at radius 1 is 1.43 bits per heavy atom. The second-order valence-electron chi connectivity index (χ2n) is 4.37. The number of nitro benzene ring substituents is 1. The molecule has 0 unspecified atom stereocenters. The van der Waals surface area contributed by atoms with Gasteiger partial charge >= 0.3 is 5.69 Å². The molecule has 1 rings (SSSR count). The van der Waals surface area contributed by atoms with Crippen LogP contribution in [0.15, 0.2) is 23.1 Å². The van der Waals surface area contributed by atoms with Gasteiger partial charge in [-0.05, 0) is 32.1 Å². The molecule has 0 atom stereocenters. The number of nitrogens with one attached hydrogen (secondary N) is 1. The third-order valence-electron chi connectivity index (χ3n) is 2.95. The summed E-state index contributed by atoms with van der Waals surface area (Å²) in [4.78, 5) is 10.2. The van der Waals surface area contributed by atoms with Crippen LogP contribution in [0.25, 0.3) is 0 Å². The molecule has 0 aliphatic heterocycles. The number of ether oxygens (including phenoxy) is 1. The molecule has 118 valence electrons. The Kier molecular flexibility index (Phi) is 6.06. The van der Waals surface area contributed by atoms with Gasteiger partial charge in [-0.2, -0.15) is 0 Å². The average Bonchev–Trinajstić information content (AvgIpc) is 2.46. The van der Waals surface area contributed by atoms with Gasteiger partial charge in [0.1, 0.15) is 0 Å². The van der Waals surface area contributed by atoms with Gasteiger partial charge in [0.05, 0.1) is 16.9 Å². The number of hydrogen-bond donors (Lipinski definition) is 1. The summed E-state index contributed by atoms with van der Waals surface area (Å²) in [6, 6.07) is 3.60. The zero-order valence-corrected chi connectivity index (χ0v) is 13.0. The van der Waals surface area contributed by atoms with Crippen molar-refractivity contribution in [3.63, 3.8) is 0 Å². The number of nitrogens with zero attached hydrogens (tertiary/aromatic N) is 2. The van der Waals surface area contributed by atoms with E-state index in [-0.39, 0.29) is 16.3 Å². The second kappa shape index (κ2) is 7.34. The fourth-order valence-corrected chi connectivity index (χ4v) is 2.98. The molecule has 0 aromatic heterocycles. The lowest BCUT2D eigenvalue weighted by Crippen LogP contribution is -2.29. The van der Waals surface area contributed by atoms with Gasteiger partial charge in [-0.1, -0.05) is 0 Å². The molecule has 0 radical (unpaired) electrons. The minimum atomic E-state index is -3.75. The van der Waals surface area contributed by atoms with Crippen LogP contribution in [0.2, 0.25) is 0 Å². The van der Waals surface area contributed by atoms with Crippen molar-refractivity contribution in [1.29, 1.82) is 0 Å². The van der Waals surface area contributed by atoms with Crippen LogP contribution >= 0.6 is 0 Å². The fraction of sp³-hybridized carbons (Fsp3) is 0.500. The minimum absolute atomic E-state index is 0.0248. The highest BCUT2D eigenvalue weighted by Crippen LogP contribution is 2.30. The molecule has 9 heteroatoms. The van der Waals surface area contributed by atoms with Crippen LogP contribution in [0.1, 0.15) is 6.42 Å². The van der Waals surface area contributed by atoms with Crippen LogP contribution in [0.4, 0.5) is 5.69 Å². The first-order chi connectivity index (χ1) is 9.84. The van der Waals surface area contributed by atoms with E-state index in [2.05, 4.69) is 5.32 Å². The fourth-order valence-electron chi connectivity index (χ4n) is 1.75. The molecule has 0 heterocycles. The van der Waals surface area contributed by atoms with Crippen molar-refractivity contribution >= 4 is 15.7 Å². The molecule has 1 aromatic rings. The van der Waals surface area contributed by atoms with Crippen molar-refractivity contribution in [3.8, 4) is 5.75 Å². The van der Waals surface area contributed by atoms with Gasteiger partial charge in [-0.25, -0.2) is 12.7 Å². The van der Waals surface area contributed by atoms with Gasteiger partial charge in [-0.15, -0.1) is 0 Å². The van der Waals surface area contributed by atoms with E-state index < -0.39 is 14.9 Å². The normalized spacial score (nSPS) is 11.6. The monoisotopic (exact) mass is 317 g/mol. The van der Waals surface area contributed by atoms with Crippen LogP contribution in [-0.4, -0.2) is 51.9 Å². The molecule has 0 aliphatic rings. The second-order valence-corrected chi connectivity index (χ2v) is 6.42. The molecule has 0 fully saturated rings. The lowest BCUT2D eigenvalue weighted by atomic mass is 10.3. The molecule has 0 amide bonds. The van der Waals surface area contributed by atoms with E-state index in [1.165, 1.54) is 30.6 Å². The zero-order valence-electron chi connectivity index (χ0n) is 12.2. The van der Waals surface area contributed by atoms with Crippen LogP contribution < -0.4 is 10.1 Å². The summed E-state index contributed by atoms with van der Waals surface area (Å²) in [6.45, 7) is 1.01.